The average molecular weight is 420 g/mol. The molecule has 29 heavy (non-hydrogen) atoms. The minimum absolute atomic E-state index is 0.295. The molecule has 3 rings (SSSR count). The van der Waals surface area contributed by atoms with E-state index >= 15 is 0 Å². The molecule has 9 heteroatoms. The number of nitrogens with zero attached hydrogens (tertiary/aromatic N) is 5. The molecule has 158 valence electrons. The smallest absolute Gasteiger partial charge is 0.243 e. The van der Waals surface area contributed by atoms with Gasteiger partial charge in [-0.1, -0.05) is 13.3 Å². The molecule has 1 aromatic heterocycles. The van der Waals surface area contributed by atoms with Gasteiger partial charge in [-0.05, 0) is 30.7 Å². The second-order valence-electron chi connectivity index (χ2n) is 7.23. The molecule has 1 fully saturated rings. The number of unbranched alkanes of at least 4 members (excludes halogenated alkanes) is 1. The van der Waals surface area contributed by atoms with Gasteiger partial charge in [0.25, 0.3) is 0 Å². The van der Waals surface area contributed by atoms with Crippen molar-refractivity contribution in [2.24, 2.45) is 0 Å². The topological polar surface area (TPSA) is 78.9 Å². The first-order chi connectivity index (χ1) is 13.9. The lowest BCUT2D eigenvalue weighted by Gasteiger charge is -2.34. The van der Waals surface area contributed by atoms with E-state index in [1.807, 2.05) is 25.1 Å². The molecule has 0 radical (unpaired) electrons. The maximum atomic E-state index is 13.0. The van der Waals surface area contributed by atoms with Gasteiger partial charge in [0.05, 0.1) is 23.4 Å². The number of hydrogen-bond acceptors (Lipinski definition) is 7. The fourth-order valence-electron chi connectivity index (χ4n) is 3.09. The molecule has 0 aliphatic carbocycles. The Morgan fingerprint density at radius 3 is 2.41 bits per heavy atom. The zero-order valence-corrected chi connectivity index (χ0v) is 18.1. The normalized spacial score (nSPS) is 15.3. The number of anilines is 2. The number of hydrogen-bond donors (Lipinski definition) is 0. The Kier molecular flexibility index (Phi) is 6.92. The number of rotatable bonds is 8. The van der Waals surface area contributed by atoms with Crippen molar-refractivity contribution in [1.29, 1.82) is 0 Å². The summed E-state index contributed by atoms with van der Waals surface area (Å²) in [5.74, 6) is 1.46. The highest BCUT2D eigenvalue weighted by Crippen LogP contribution is 2.23. The molecule has 0 spiro atoms. The fourth-order valence-corrected chi connectivity index (χ4v) is 4.52. The molecule has 2 heterocycles. The number of piperazine rings is 1. The van der Waals surface area contributed by atoms with Crippen LogP contribution in [0.5, 0.6) is 5.75 Å². The Hall–Kier alpha value is -2.39. The lowest BCUT2D eigenvalue weighted by molar-refractivity contribution is 0.309. The lowest BCUT2D eigenvalue weighted by Crippen LogP contribution is -2.49. The zero-order valence-electron chi connectivity index (χ0n) is 17.3. The first-order valence-corrected chi connectivity index (χ1v) is 11.3. The van der Waals surface area contributed by atoms with Gasteiger partial charge in [0.2, 0.25) is 10.0 Å². The van der Waals surface area contributed by atoms with Crippen molar-refractivity contribution in [3.63, 3.8) is 0 Å². The molecular formula is C20H29N5O3S. The van der Waals surface area contributed by atoms with E-state index in [4.69, 9.17) is 4.74 Å². The van der Waals surface area contributed by atoms with E-state index in [1.54, 1.807) is 30.5 Å². The van der Waals surface area contributed by atoms with Crippen LogP contribution in [0.25, 0.3) is 0 Å². The highest BCUT2D eigenvalue weighted by Gasteiger charge is 2.29. The standard InChI is InChI=1S/C20H29N5O3S/c1-4-5-14-28-18-6-8-19(9-7-18)29(26,27)25-12-10-24(11-13-25)20-15-17(23(2)3)16-21-22-20/h6-9,15-16H,4-5,10-14H2,1-3H3. The SMILES string of the molecule is CCCCOc1ccc(S(=O)(=O)N2CCN(c3cc(N(C)C)cnn3)CC2)cc1. The van der Waals surface area contributed by atoms with Crippen LogP contribution < -0.4 is 14.5 Å². The van der Waals surface area contributed by atoms with Crippen LogP contribution in [0.15, 0.2) is 41.4 Å². The van der Waals surface area contributed by atoms with Crippen LogP contribution in [0.3, 0.4) is 0 Å². The number of aromatic nitrogens is 2. The minimum atomic E-state index is -3.52. The van der Waals surface area contributed by atoms with Crippen LogP contribution >= 0.6 is 0 Å². The molecular weight excluding hydrogens is 390 g/mol. The first kappa shape index (κ1) is 21.3. The highest BCUT2D eigenvalue weighted by atomic mass is 32.2. The van der Waals surface area contributed by atoms with Crippen LogP contribution in [0.1, 0.15) is 19.8 Å². The largest absolute Gasteiger partial charge is 0.494 e. The number of benzene rings is 1. The lowest BCUT2D eigenvalue weighted by atomic mass is 10.3. The predicted molar refractivity (Wildman–Crippen MR) is 114 cm³/mol. The summed E-state index contributed by atoms with van der Waals surface area (Å²) in [5, 5.41) is 8.25. The third kappa shape index (κ3) is 5.16. The van der Waals surface area contributed by atoms with Crippen molar-refractivity contribution in [1.82, 2.24) is 14.5 Å². The summed E-state index contributed by atoms with van der Waals surface area (Å²) in [6.45, 7) is 4.70. The second kappa shape index (κ2) is 9.41. The van der Waals surface area contributed by atoms with Crippen LogP contribution in [0.4, 0.5) is 11.5 Å². The molecule has 0 unspecified atom stereocenters. The average Bonchev–Trinajstić information content (AvgIpc) is 2.74. The summed E-state index contributed by atoms with van der Waals surface area (Å²) < 4.78 is 33.1. The van der Waals surface area contributed by atoms with Gasteiger partial charge in [0.15, 0.2) is 5.82 Å². The molecule has 1 aliphatic heterocycles. The fraction of sp³-hybridized carbons (Fsp3) is 0.500. The van der Waals surface area contributed by atoms with E-state index in [2.05, 4.69) is 22.0 Å². The summed E-state index contributed by atoms with van der Waals surface area (Å²) in [7, 11) is 0.375. The Balaban J connectivity index is 1.63. The molecule has 1 aromatic carbocycles. The van der Waals surface area contributed by atoms with Gasteiger partial charge < -0.3 is 14.5 Å². The summed E-state index contributed by atoms with van der Waals surface area (Å²) >= 11 is 0. The van der Waals surface area contributed by atoms with Crippen LogP contribution in [0, 0.1) is 0 Å². The predicted octanol–water partition coefficient (Wildman–Crippen LogP) is 2.23. The third-order valence-corrected chi connectivity index (χ3v) is 6.85. The van der Waals surface area contributed by atoms with Gasteiger partial charge in [0.1, 0.15) is 5.75 Å². The summed E-state index contributed by atoms with van der Waals surface area (Å²) in [6, 6.07) is 8.65. The maximum absolute atomic E-state index is 13.0. The van der Waals surface area contributed by atoms with Crippen molar-refractivity contribution >= 4 is 21.5 Å². The third-order valence-electron chi connectivity index (χ3n) is 4.93. The second-order valence-corrected chi connectivity index (χ2v) is 9.17. The van der Waals surface area contributed by atoms with Gasteiger partial charge in [0, 0.05) is 46.3 Å². The molecule has 1 saturated heterocycles. The molecule has 0 N–H and O–H groups in total. The van der Waals surface area contributed by atoms with Gasteiger partial charge in [-0.3, -0.25) is 0 Å². The Labute approximate surface area is 173 Å². The molecule has 0 bridgehead atoms. The quantitative estimate of drug-likeness (QED) is 0.607. The van der Waals surface area contributed by atoms with Crippen molar-refractivity contribution in [2.75, 3.05) is 56.7 Å². The molecule has 0 atom stereocenters. The molecule has 0 amide bonds. The van der Waals surface area contributed by atoms with Gasteiger partial charge >= 0.3 is 0 Å². The van der Waals surface area contributed by atoms with E-state index < -0.39 is 10.0 Å². The van der Waals surface area contributed by atoms with Gasteiger partial charge in [-0.15, -0.1) is 5.10 Å². The van der Waals surface area contributed by atoms with Gasteiger partial charge in [-0.25, -0.2) is 8.42 Å². The molecule has 2 aromatic rings. The van der Waals surface area contributed by atoms with Crippen molar-refractivity contribution < 1.29 is 13.2 Å². The monoisotopic (exact) mass is 419 g/mol. The summed E-state index contributed by atoms with van der Waals surface area (Å²) in [5.41, 5.74) is 0.964. The summed E-state index contributed by atoms with van der Waals surface area (Å²) in [4.78, 5) is 4.33. The van der Waals surface area contributed by atoms with Crippen molar-refractivity contribution in [3.8, 4) is 5.75 Å². The van der Waals surface area contributed by atoms with E-state index in [9.17, 15) is 8.42 Å². The van der Waals surface area contributed by atoms with E-state index in [1.165, 1.54) is 4.31 Å². The zero-order chi connectivity index (χ0) is 20.9. The highest BCUT2D eigenvalue weighted by molar-refractivity contribution is 7.89. The minimum Gasteiger partial charge on any atom is -0.494 e. The van der Waals surface area contributed by atoms with Gasteiger partial charge in [-0.2, -0.15) is 9.40 Å². The van der Waals surface area contributed by atoms with Crippen LogP contribution in [-0.4, -0.2) is 69.8 Å². The Bertz CT molecular complexity index is 895. The van der Waals surface area contributed by atoms with Crippen molar-refractivity contribution in [2.45, 2.75) is 24.7 Å². The first-order valence-electron chi connectivity index (χ1n) is 9.90. The van der Waals surface area contributed by atoms with Crippen molar-refractivity contribution in [3.05, 3.63) is 36.5 Å². The molecule has 8 nitrogen and oxygen atoms in total. The molecule has 1 aliphatic rings. The Morgan fingerprint density at radius 2 is 1.79 bits per heavy atom. The Morgan fingerprint density at radius 1 is 1.10 bits per heavy atom. The summed E-state index contributed by atoms with van der Waals surface area (Å²) in [6.07, 6.45) is 3.75. The van der Waals surface area contributed by atoms with E-state index in [-0.39, 0.29) is 0 Å². The molecule has 0 saturated carbocycles. The van der Waals surface area contributed by atoms with E-state index in [0.717, 1.165) is 24.3 Å². The van der Waals surface area contributed by atoms with E-state index in [0.29, 0.717) is 43.4 Å². The number of sulfonamides is 1. The van der Waals surface area contributed by atoms with Crippen LogP contribution in [0.2, 0.25) is 0 Å². The maximum Gasteiger partial charge on any atom is 0.243 e. The van der Waals surface area contributed by atoms with Crippen LogP contribution in [-0.2, 0) is 10.0 Å². The number of ether oxygens (including phenoxy) is 1.